The van der Waals surface area contributed by atoms with Gasteiger partial charge in [0, 0.05) is 5.41 Å². The summed E-state index contributed by atoms with van der Waals surface area (Å²) in [5.41, 5.74) is -3.62. The maximum absolute atomic E-state index is 13.0. The van der Waals surface area contributed by atoms with E-state index in [4.69, 9.17) is 16.3 Å². The molecule has 1 unspecified atom stereocenters. The van der Waals surface area contributed by atoms with Gasteiger partial charge in [0.15, 0.2) is 10.8 Å². The third kappa shape index (κ3) is 5.45. The molecule has 29 heavy (non-hydrogen) atoms. The molecule has 0 bridgehead atoms. The van der Waals surface area contributed by atoms with E-state index < -0.39 is 50.4 Å². The van der Waals surface area contributed by atoms with Crippen LogP contribution in [0.5, 0.6) is 5.75 Å². The highest BCUT2D eigenvalue weighted by atomic mass is 35.5. The van der Waals surface area contributed by atoms with Gasteiger partial charge in [-0.3, -0.25) is 14.5 Å². The van der Waals surface area contributed by atoms with Crippen LogP contribution in [0.1, 0.15) is 32.8 Å². The molecule has 1 atom stereocenters. The van der Waals surface area contributed by atoms with Gasteiger partial charge in [0.25, 0.3) is 0 Å². The van der Waals surface area contributed by atoms with Crippen LogP contribution in [0, 0.1) is 5.41 Å². The van der Waals surface area contributed by atoms with Crippen LogP contribution in [0.2, 0.25) is 0 Å². The lowest BCUT2D eigenvalue weighted by Crippen LogP contribution is -2.50. The van der Waals surface area contributed by atoms with Gasteiger partial charge in [-0.2, -0.15) is 13.2 Å². The zero-order valence-electron chi connectivity index (χ0n) is 15.5. The third-order valence-electron chi connectivity index (χ3n) is 3.70. The fraction of sp³-hybridized carbons (Fsp3) is 0.389. The van der Waals surface area contributed by atoms with Crippen molar-refractivity contribution in [1.82, 2.24) is 4.90 Å². The molecule has 11 heteroatoms. The quantitative estimate of drug-likeness (QED) is 0.234. The second kappa shape index (κ2) is 8.27. The van der Waals surface area contributed by atoms with Crippen LogP contribution in [-0.2, 0) is 20.6 Å². The molecule has 6 nitrogen and oxygen atoms in total. The first-order chi connectivity index (χ1) is 13.2. The minimum atomic E-state index is -4.65. The second-order valence-electron chi connectivity index (χ2n) is 7.11. The summed E-state index contributed by atoms with van der Waals surface area (Å²) in [5, 5.41) is 8.53. The van der Waals surface area contributed by atoms with Crippen molar-refractivity contribution < 1.29 is 37.4 Å². The molecule has 1 N–H and O–H groups in total. The maximum Gasteiger partial charge on any atom is 0.416 e. The van der Waals surface area contributed by atoms with Crippen molar-refractivity contribution in [3.05, 3.63) is 40.6 Å². The molecule has 1 aliphatic rings. The van der Waals surface area contributed by atoms with Gasteiger partial charge >= 0.3 is 12.1 Å². The number of hydrogen-bond donors (Lipinski definition) is 1. The van der Waals surface area contributed by atoms with Crippen molar-refractivity contribution in [2.24, 2.45) is 5.41 Å². The van der Waals surface area contributed by atoms with E-state index in [0.29, 0.717) is 17.8 Å². The Kier molecular flexibility index (Phi) is 6.58. The molecule has 1 fully saturated rings. The largest absolute Gasteiger partial charge is 0.476 e. The van der Waals surface area contributed by atoms with Crippen molar-refractivity contribution in [3.8, 4) is 5.75 Å². The molecule has 0 saturated carbocycles. The predicted octanol–water partition coefficient (Wildman–Crippen LogP) is 4.44. The van der Waals surface area contributed by atoms with E-state index in [-0.39, 0.29) is 12.2 Å². The van der Waals surface area contributed by atoms with Gasteiger partial charge in [0.1, 0.15) is 11.3 Å². The number of benzene rings is 1. The molecule has 2 rings (SSSR count). The topological polar surface area (TPSA) is 83.9 Å². The fourth-order valence-corrected chi connectivity index (χ4v) is 3.36. The summed E-state index contributed by atoms with van der Waals surface area (Å²) in [7, 11) is 0. The summed E-state index contributed by atoms with van der Waals surface area (Å²) in [6, 6.07) is 3.73. The van der Waals surface area contributed by atoms with Gasteiger partial charge in [-0.1, -0.05) is 38.4 Å². The number of likely N-dealkylation sites (tertiary alicyclic amines) is 1. The normalized spacial score (nSPS) is 18.1. The van der Waals surface area contributed by atoms with E-state index in [1.54, 1.807) is 20.8 Å². The first-order valence-electron chi connectivity index (χ1n) is 8.23. The summed E-state index contributed by atoms with van der Waals surface area (Å²) >= 11 is 6.30. The van der Waals surface area contributed by atoms with Crippen LogP contribution in [0.25, 0.3) is 0 Å². The Morgan fingerprint density at radius 2 is 1.90 bits per heavy atom. The molecule has 0 spiro atoms. The number of ether oxygens (including phenoxy) is 1. The number of carbonyl (C=O) groups excluding carboxylic acids is 2. The monoisotopic (exact) mass is 451 g/mol. The Morgan fingerprint density at radius 1 is 1.28 bits per heavy atom. The summed E-state index contributed by atoms with van der Waals surface area (Å²) in [6.07, 6.45) is -4.77. The second-order valence-corrected chi connectivity index (χ2v) is 8.56. The number of thioether (sulfide) groups is 1. The first-order valence-corrected chi connectivity index (χ1v) is 9.48. The average molecular weight is 452 g/mol. The van der Waals surface area contributed by atoms with E-state index in [1.165, 1.54) is 6.07 Å². The number of rotatable bonds is 5. The molecule has 1 aromatic rings. The van der Waals surface area contributed by atoms with Crippen LogP contribution in [0.3, 0.4) is 0 Å². The molecule has 0 aromatic heterocycles. The molecule has 158 valence electrons. The molecular formula is C18H17ClF3NO5S. The lowest BCUT2D eigenvalue weighted by atomic mass is 10.00. The van der Waals surface area contributed by atoms with Gasteiger partial charge < -0.3 is 9.84 Å². The van der Waals surface area contributed by atoms with E-state index in [1.807, 2.05) is 0 Å². The Labute approximate surface area is 173 Å². The number of carboxylic acids is 1. The lowest BCUT2D eigenvalue weighted by molar-refractivity contribution is -0.146. The highest BCUT2D eigenvalue weighted by molar-refractivity contribution is 8.16. The molecule has 1 aromatic carbocycles. The van der Waals surface area contributed by atoms with Gasteiger partial charge in [0.05, 0.1) is 12.0 Å². The Bertz CT molecular complexity index is 879. The van der Waals surface area contributed by atoms with Crippen LogP contribution in [0.15, 0.2) is 35.1 Å². The number of hydrogen-bond acceptors (Lipinski definition) is 5. The highest BCUT2D eigenvalue weighted by Crippen LogP contribution is 2.38. The van der Waals surface area contributed by atoms with E-state index in [2.05, 4.69) is 0 Å². The van der Waals surface area contributed by atoms with Gasteiger partial charge in [0.2, 0.25) is 11.0 Å². The highest BCUT2D eigenvalue weighted by Gasteiger charge is 2.43. The van der Waals surface area contributed by atoms with Gasteiger partial charge in [-0.15, -0.1) is 0 Å². The number of nitrogens with zero attached hydrogens (tertiary/aromatic N) is 1. The SMILES string of the molecule is CC(C)(C)C(=O)SC(Oc1cccc(C(F)(F)F)c1)=C(C(=O)O)N1C(=O)CC1Cl. The predicted molar refractivity (Wildman–Crippen MR) is 99.9 cm³/mol. The van der Waals surface area contributed by atoms with Crippen molar-refractivity contribution in [3.63, 3.8) is 0 Å². The van der Waals surface area contributed by atoms with Gasteiger partial charge in [-0.25, -0.2) is 4.79 Å². The number of β-lactam (4-membered cyclic amide) rings is 1. The average Bonchev–Trinajstić information content (AvgIpc) is 2.57. The minimum Gasteiger partial charge on any atom is -0.476 e. The number of carboxylic acid groups (broad SMARTS) is 1. The molecule has 0 aliphatic carbocycles. The summed E-state index contributed by atoms with van der Waals surface area (Å²) < 4.78 is 44.3. The molecular weight excluding hydrogens is 435 g/mol. The summed E-state index contributed by atoms with van der Waals surface area (Å²) in [5.74, 6) is -2.57. The number of amides is 1. The Balaban J connectivity index is 2.54. The van der Waals surface area contributed by atoms with E-state index >= 15 is 0 Å². The fourth-order valence-electron chi connectivity index (χ4n) is 2.13. The van der Waals surface area contributed by atoms with Crippen molar-refractivity contribution in [2.45, 2.75) is 38.9 Å². The standard InChI is InChI=1S/C18H17ClF3NO5S/c1-17(2,3)16(27)29-15(13(14(25)26)23-11(19)8-12(23)24)28-10-6-4-5-9(7-10)18(20,21)22/h4-7,11H,8H2,1-3H3,(H,25,26). The zero-order valence-corrected chi connectivity index (χ0v) is 17.1. The van der Waals surface area contributed by atoms with Crippen molar-refractivity contribution in [1.29, 1.82) is 0 Å². The van der Waals surface area contributed by atoms with Crippen LogP contribution >= 0.6 is 23.4 Å². The Hall–Kier alpha value is -2.20. The molecule has 1 saturated heterocycles. The van der Waals surface area contributed by atoms with Crippen LogP contribution in [-0.4, -0.2) is 32.5 Å². The maximum atomic E-state index is 13.0. The van der Waals surface area contributed by atoms with E-state index in [9.17, 15) is 32.7 Å². The van der Waals surface area contributed by atoms with Crippen LogP contribution in [0.4, 0.5) is 13.2 Å². The molecule has 0 radical (unpaired) electrons. The zero-order chi connectivity index (χ0) is 22.1. The van der Waals surface area contributed by atoms with Crippen molar-refractivity contribution >= 4 is 40.4 Å². The molecule has 1 heterocycles. The number of alkyl halides is 4. The van der Waals surface area contributed by atoms with E-state index in [0.717, 1.165) is 17.0 Å². The summed E-state index contributed by atoms with van der Waals surface area (Å²) in [4.78, 5) is 36.9. The third-order valence-corrected chi connectivity index (χ3v) is 5.31. The van der Waals surface area contributed by atoms with Gasteiger partial charge in [-0.05, 0) is 30.0 Å². The minimum absolute atomic E-state index is 0.118. The number of aliphatic carboxylic acids is 1. The Morgan fingerprint density at radius 3 is 2.34 bits per heavy atom. The first kappa shape index (κ1) is 23.1. The van der Waals surface area contributed by atoms with Crippen LogP contribution < -0.4 is 4.74 Å². The molecule has 1 amide bonds. The molecule has 1 aliphatic heterocycles. The number of halogens is 4. The lowest BCUT2D eigenvalue weighted by Gasteiger charge is -2.36. The smallest absolute Gasteiger partial charge is 0.416 e. The van der Waals surface area contributed by atoms with Crippen molar-refractivity contribution in [2.75, 3.05) is 0 Å². The summed E-state index contributed by atoms with van der Waals surface area (Å²) in [6.45, 7) is 4.72. The number of carbonyl (C=O) groups is 3.